The summed E-state index contributed by atoms with van der Waals surface area (Å²) in [6.07, 6.45) is 0.813. The van der Waals surface area contributed by atoms with Crippen LogP contribution >= 0.6 is 23.2 Å². The number of halogens is 2. The molecule has 0 radical (unpaired) electrons. The van der Waals surface area contributed by atoms with E-state index in [1.54, 1.807) is 18.2 Å². The normalized spacial score (nSPS) is 11.0. The van der Waals surface area contributed by atoms with Crippen molar-refractivity contribution < 1.29 is 13.9 Å². The molecular formula is C21H17Cl2N3O3. The topological polar surface area (TPSA) is 70.3 Å². The lowest BCUT2D eigenvalue weighted by atomic mass is 10.1. The minimum absolute atomic E-state index is 0.0415. The van der Waals surface area contributed by atoms with Gasteiger partial charge in [-0.1, -0.05) is 47.8 Å². The van der Waals surface area contributed by atoms with Crippen LogP contribution in [0.25, 0.3) is 22.7 Å². The summed E-state index contributed by atoms with van der Waals surface area (Å²) in [7, 11) is 0. The zero-order chi connectivity index (χ0) is 20.4. The van der Waals surface area contributed by atoms with Crippen LogP contribution in [-0.2, 0) is 0 Å². The van der Waals surface area contributed by atoms with Crippen molar-refractivity contribution in [2.24, 2.45) is 0 Å². The standard InChI is InChI=1S/C21H17Cl2N3O3/c1-3-9-27-19-17-20(29-18(24-17)13-6-4-5-12(2)10-13)26-21(25-19)28-16-8-7-14(22)11-15(16)23/h4-8,10-11H,3,9H2,1-2H3. The molecule has 2 aromatic carbocycles. The number of benzene rings is 2. The summed E-state index contributed by atoms with van der Waals surface area (Å²) in [5.41, 5.74) is 2.64. The van der Waals surface area contributed by atoms with Crippen LogP contribution in [0, 0.1) is 6.92 Å². The molecule has 0 aliphatic carbocycles. The quantitative estimate of drug-likeness (QED) is 0.349. The van der Waals surface area contributed by atoms with E-state index in [2.05, 4.69) is 15.0 Å². The van der Waals surface area contributed by atoms with Crippen LogP contribution < -0.4 is 9.47 Å². The number of fused-ring (bicyclic) bond motifs is 1. The Morgan fingerprint density at radius 2 is 1.90 bits per heavy atom. The van der Waals surface area contributed by atoms with Crippen LogP contribution in [0.3, 0.4) is 0 Å². The molecule has 0 saturated carbocycles. The number of oxazole rings is 1. The molecule has 0 aliphatic rings. The van der Waals surface area contributed by atoms with Crippen molar-refractivity contribution in [3.63, 3.8) is 0 Å². The molecule has 0 bridgehead atoms. The molecule has 148 valence electrons. The largest absolute Gasteiger partial charge is 0.476 e. The number of aromatic nitrogens is 3. The Bertz CT molecular complexity index is 1180. The predicted octanol–water partition coefficient (Wildman–Crippen LogP) is 6.48. The summed E-state index contributed by atoms with van der Waals surface area (Å²) in [5.74, 6) is 1.09. The van der Waals surface area contributed by atoms with Crippen molar-refractivity contribution in [2.45, 2.75) is 20.3 Å². The maximum absolute atomic E-state index is 6.19. The highest BCUT2D eigenvalue weighted by atomic mass is 35.5. The average molecular weight is 430 g/mol. The molecule has 0 aliphatic heterocycles. The highest BCUT2D eigenvalue weighted by Crippen LogP contribution is 2.34. The Morgan fingerprint density at radius 3 is 2.66 bits per heavy atom. The van der Waals surface area contributed by atoms with Crippen LogP contribution in [-0.4, -0.2) is 21.6 Å². The average Bonchev–Trinajstić information content (AvgIpc) is 3.13. The lowest BCUT2D eigenvalue weighted by Crippen LogP contribution is -2.01. The molecule has 6 nitrogen and oxygen atoms in total. The number of hydrogen-bond acceptors (Lipinski definition) is 6. The lowest BCUT2D eigenvalue weighted by Gasteiger charge is -2.08. The third-order valence-corrected chi connectivity index (χ3v) is 4.54. The van der Waals surface area contributed by atoms with Gasteiger partial charge in [0, 0.05) is 10.6 Å². The lowest BCUT2D eigenvalue weighted by molar-refractivity contribution is 0.302. The highest BCUT2D eigenvalue weighted by molar-refractivity contribution is 6.35. The second-order valence-electron chi connectivity index (χ2n) is 6.38. The van der Waals surface area contributed by atoms with Gasteiger partial charge < -0.3 is 13.9 Å². The van der Waals surface area contributed by atoms with Gasteiger partial charge in [0.15, 0.2) is 5.52 Å². The number of hydrogen-bond donors (Lipinski definition) is 0. The molecule has 29 heavy (non-hydrogen) atoms. The third-order valence-electron chi connectivity index (χ3n) is 4.01. The van der Waals surface area contributed by atoms with Crippen molar-refractivity contribution in [3.05, 3.63) is 58.1 Å². The van der Waals surface area contributed by atoms with E-state index in [-0.39, 0.29) is 11.7 Å². The molecule has 0 spiro atoms. The van der Waals surface area contributed by atoms with Gasteiger partial charge in [0.05, 0.1) is 11.6 Å². The van der Waals surface area contributed by atoms with Crippen molar-refractivity contribution in [1.82, 2.24) is 15.0 Å². The van der Waals surface area contributed by atoms with Crippen LogP contribution in [0.2, 0.25) is 10.0 Å². The number of ether oxygens (including phenoxy) is 2. The van der Waals surface area contributed by atoms with E-state index in [4.69, 9.17) is 37.1 Å². The van der Waals surface area contributed by atoms with E-state index in [1.165, 1.54) is 0 Å². The summed E-state index contributed by atoms with van der Waals surface area (Å²) in [5, 5.41) is 0.846. The monoisotopic (exact) mass is 429 g/mol. The summed E-state index contributed by atoms with van der Waals surface area (Å²) >= 11 is 12.1. The molecule has 0 amide bonds. The highest BCUT2D eigenvalue weighted by Gasteiger charge is 2.19. The summed E-state index contributed by atoms with van der Waals surface area (Å²) in [6.45, 7) is 4.48. The fourth-order valence-electron chi connectivity index (χ4n) is 2.68. The van der Waals surface area contributed by atoms with Gasteiger partial charge in [-0.3, -0.25) is 0 Å². The first-order valence-electron chi connectivity index (χ1n) is 9.05. The summed E-state index contributed by atoms with van der Waals surface area (Å²) in [6, 6.07) is 12.8. The first-order chi connectivity index (χ1) is 14.0. The SMILES string of the molecule is CCCOc1nc(Oc2ccc(Cl)cc2Cl)nc2oc(-c3cccc(C)c3)nc12. The molecular weight excluding hydrogens is 413 g/mol. The zero-order valence-electron chi connectivity index (χ0n) is 15.8. The summed E-state index contributed by atoms with van der Waals surface area (Å²) in [4.78, 5) is 13.2. The van der Waals surface area contributed by atoms with E-state index in [1.807, 2.05) is 38.1 Å². The van der Waals surface area contributed by atoms with E-state index in [9.17, 15) is 0 Å². The predicted molar refractivity (Wildman–Crippen MR) is 112 cm³/mol. The molecule has 4 aromatic rings. The molecule has 0 fully saturated rings. The Balaban J connectivity index is 1.77. The Kier molecular flexibility index (Phi) is 5.56. The minimum atomic E-state index is 0.0415. The molecule has 2 heterocycles. The van der Waals surface area contributed by atoms with Crippen LogP contribution in [0.1, 0.15) is 18.9 Å². The fourth-order valence-corrected chi connectivity index (χ4v) is 3.13. The van der Waals surface area contributed by atoms with Gasteiger partial charge in [-0.05, 0) is 43.7 Å². The smallest absolute Gasteiger partial charge is 0.328 e. The van der Waals surface area contributed by atoms with Gasteiger partial charge in [0.25, 0.3) is 11.6 Å². The second kappa shape index (κ2) is 8.27. The van der Waals surface area contributed by atoms with Crippen molar-refractivity contribution in [1.29, 1.82) is 0 Å². The maximum Gasteiger partial charge on any atom is 0.328 e. The zero-order valence-corrected chi connectivity index (χ0v) is 17.3. The van der Waals surface area contributed by atoms with Gasteiger partial charge in [0.1, 0.15) is 5.75 Å². The maximum atomic E-state index is 6.19. The van der Waals surface area contributed by atoms with E-state index < -0.39 is 0 Å². The second-order valence-corrected chi connectivity index (χ2v) is 7.22. The Morgan fingerprint density at radius 1 is 1.03 bits per heavy atom. The van der Waals surface area contributed by atoms with Gasteiger partial charge >= 0.3 is 6.01 Å². The third kappa shape index (κ3) is 4.28. The first kappa shape index (κ1) is 19.5. The number of rotatable bonds is 6. The van der Waals surface area contributed by atoms with Crippen LogP contribution in [0.15, 0.2) is 46.9 Å². The minimum Gasteiger partial charge on any atom is -0.476 e. The van der Waals surface area contributed by atoms with Crippen LogP contribution in [0.5, 0.6) is 17.6 Å². The number of aryl methyl sites for hydroxylation is 1. The van der Waals surface area contributed by atoms with Gasteiger partial charge in [0.2, 0.25) is 5.89 Å². The van der Waals surface area contributed by atoms with Gasteiger partial charge in [-0.25, -0.2) is 4.98 Å². The fraction of sp³-hybridized carbons (Fsp3) is 0.190. The van der Waals surface area contributed by atoms with Gasteiger partial charge in [-0.2, -0.15) is 9.97 Å². The molecule has 0 atom stereocenters. The first-order valence-corrected chi connectivity index (χ1v) is 9.80. The molecule has 0 saturated heterocycles. The molecule has 4 rings (SSSR count). The van der Waals surface area contributed by atoms with E-state index >= 15 is 0 Å². The van der Waals surface area contributed by atoms with Crippen molar-refractivity contribution >= 4 is 34.4 Å². The van der Waals surface area contributed by atoms with Crippen LogP contribution in [0.4, 0.5) is 0 Å². The van der Waals surface area contributed by atoms with Crippen molar-refractivity contribution in [2.75, 3.05) is 6.61 Å². The molecule has 2 aromatic heterocycles. The van der Waals surface area contributed by atoms with Gasteiger partial charge in [-0.15, -0.1) is 0 Å². The van der Waals surface area contributed by atoms with E-state index in [0.717, 1.165) is 17.5 Å². The molecule has 0 unspecified atom stereocenters. The van der Waals surface area contributed by atoms with Crippen molar-refractivity contribution in [3.8, 4) is 29.1 Å². The number of nitrogens with zero attached hydrogens (tertiary/aromatic N) is 3. The molecule has 0 N–H and O–H groups in total. The summed E-state index contributed by atoms with van der Waals surface area (Å²) < 4.78 is 17.4. The Labute approximate surface area is 177 Å². The molecule has 8 heteroatoms. The van der Waals surface area contributed by atoms with E-state index in [0.29, 0.717) is 39.7 Å². The Hall–Kier alpha value is -2.83.